The molecule has 0 atom stereocenters. The zero-order valence-electron chi connectivity index (χ0n) is 17.2. The van der Waals surface area contributed by atoms with Crippen LogP contribution in [0.15, 0.2) is 47.8 Å². The summed E-state index contributed by atoms with van der Waals surface area (Å²) in [6.07, 6.45) is 3.21. The molecule has 10 heteroatoms. The fourth-order valence-corrected chi connectivity index (χ4v) is 3.85. The number of nitrogens with zero attached hydrogens (tertiary/aromatic N) is 1. The van der Waals surface area contributed by atoms with Gasteiger partial charge in [-0.3, -0.25) is 4.79 Å². The predicted octanol–water partition coefficient (Wildman–Crippen LogP) is 4.36. The number of aromatic amines is 1. The number of amides is 1. The van der Waals surface area contributed by atoms with Gasteiger partial charge in [-0.1, -0.05) is 46.6 Å². The summed E-state index contributed by atoms with van der Waals surface area (Å²) < 4.78 is 5.72. The van der Waals surface area contributed by atoms with E-state index in [0.717, 1.165) is 16.5 Å². The number of halogens is 3. The summed E-state index contributed by atoms with van der Waals surface area (Å²) in [5.74, 6) is -0.0846. The molecule has 172 valence electrons. The summed E-state index contributed by atoms with van der Waals surface area (Å²) in [5, 5.41) is 17.2. The fraction of sp³-hybridized carbons (Fsp3) is 0.273. The molecule has 32 heavy (non-hydrogen) atoms. The van der Waals surface area contributed by atoms with E-state index in [2.05, 4.69) is 15.5 Å². The van der Waals surface area contributed by atoms with Crippen molar-refractivity contribution in [2.45, 2.75) is 19.3 Å². The molecule has 1 amide bonds. The molecule has 7 nitrogen and oxygen atoms in total. The molecule has 0 fully saturated rings. The molecule has 0 unspecified atom stereocenters. The number of fused-ring (bicyclic) bond motifs is 1. The summed E-state index contributed by atoms with van der Waals surface area (Å²) in [6.45, 7) is 1.23. The number of hydrogen-bond acceptors (Lipinski definition) is 5. The van der Waals surface area contributed by atoms with Crippen molar-refractivity contribution in [3.05, 3.63) is 63.8 Å². The summed E-state index contributed by atoms with van der Waals surface area (Å²) in [4.78, 5) is 15.8. The maximum absolute atomic E-state index is 12.6. The smallest absolute Gasteiger partial charge is 0.269 e. The molecule has 0 spiro atoms. The monoisotopic (exact) mass is 498 g/mol. The van der Waals surface area contributed by atoms with Crippen molar-refractivity contribution in [1.82, 2.24) is 10.3 Å². The van der Waals surface area contributed by atoms with Gasteiger partial charge < -0.3 is 26.0 Å². The number of aromatic nitrogens is 1. The van der Waals surface area contributed by atoms with E-state index in [-0.39, 0.29) is 24.5 Å². The van der Waals surface area contributed by atoms with Crippen molar-refractivity contribution in [1.29, 1.82) is 0 Å². The van der Waals surface area contributed by atoms with Gasteiger partial charge in [-0.15, -0.1) is 12.4 Å². The number of carbonyl (C=O) groups is 1. The highest BCUT2D eigenvalue weighted by atomic mass is 35.5. The number of benzene rings is 2. The van der Waals surface area contributed by atoms with Crippen LogP contribution in [0.5, 0.6) is 5.75 Å². The van der Waals surface area contributed by atoms with E-state index in [1.165, 1.54) is 0 Å². The molecule has 0 saturated carbocycles. The Labute approximate surface area is 202 Å². The van der Waals surface area contributed by atoms with Crippen molar-refractivity contribution < 1.29 is 14.7 Å². The van der Waals surface area contributed by atoms with Crippen LogP contribution in [0.25, 0.3) is 10.9 Å². The Bertz CT molecular complexity index is 1090. The number of oxime groups is 1. The van der Waals surface area contributed by atoms with Gasteiger partial charge in [0.05, 0.1) is 11.6 Å². The summed E-state index contributed by atoms with van der Waals surface area (Å²) >= 11 is 12.4. The third-order valence-electron chi connectivity index (χ3n) is 4.78. The largest absolute Gasteiger partial charge is 0.492 e. The van der Waals surface area contributed by atoms with Crippen LogP contribution < -0.4 is 15.8 Å². The van der Waals surface area contributed by atoms with Gasteiger partial charge in [0.15, 0.2) is 0 Å². The third kappa shape index (κ3) is 6.53. The minimum absolute atomic E-state index is 0. The molecule has 1 heterocycles. The Morgan fingerprint density at radius 1 is 1.22 bits per heavy atom. The molecular weight excluding hydrogens is 475 g/mol. The second-order valence-corrected chi connectivity index (χ2v) is 7.80. The van der Waals surface area contributed by atoms with E-state index in [4.69, 9.17) is 33.7 Å². The topological polar surface area (TPSA) is 113 Å². The zero-order valence-corrected chi connectivity index (χ0v) is 19.6. The van der Waals surface area contributed by atoms with Gasteiger partial charge in [-0.2, -0.15) is 0 Å². The van der Waals surface area contributed by atoms with Crippen LogP contribution in [0.1, 0.15) is 17.5 Å². The summed E-state index contributed by atoms with van der Waals surface area (Å²) in [5.41, 5.74) is 8.12. The molecular formula is C22H25Cl3N4O3. The Kier molecular flexibility index (Phi) is 10.1. The fourth-order valence-electron chi connectivity index (χ4n) is 3.26. The highest BCUT2D eigenvalue weighted by Crippen LogP contribution is 2.33. The normalized spacial score (nSPS) is 11.3. The number of H-pyrrole nitrogens is 1. The molecule has 0 aliphatic rings. The van der Waals surface area contributed by atoms with Crippen LogP contribution in [0.4, 0.5) is 0 Å². The number of hydrogen-bond donors (Lipinski definition) is 4. The van der Waals surface area contributed by atoms with Crippen molar-refractivity contribution in [2.24, 2.45) is 10.9 Å². The van der Waals surface area contributed by atoms with Gasteiger partial charge in [-0.25, -0.2) is 0 Å². The number of carbonyl (C=O) groups excluding carboxylic acids is 1. The number of para-hydroxylation sites is 1. The zero-order chi connectivity index (χ0) is 22.2. The molecule has 0 aliphatic carbocycles. The van der Waals surface area contributed by atoms with Crippen LogP contribution in [0.3, 0.4) is 0 Å². The lowest BCUT2D eigenvalue weighted by atomic mass is 10.1. The maximum atomic E-state index is 12.6. The molecule has 0 bridgehead atoms. The van der Waals surface area contributed by atoms with Gasteiger partial charge in [-0.05, 0) is 43.1 Å². The lowest BCUT2D eigenvalue weighted by Gasteiger charge is -2.14. The number of ether oxygens (including phenoxy) is 1. The van der Waals surface area contributed by atoms with Crippen molar-refractivity contribution >= 4 is 58.1 Å². The minimum atomic E-state index is -0.480. The van der Waals surface area contributed by atoms with Crippen molar-refractivity contribution in [3.8, 4) is 5.75 Å². The maximum Gasteiger partial charge on any atom is 0.269 e. The summed E-state index contributed by atoms with van der Waals surface area (Å²) in [7, 11) is 0. The first-order valence-electron chi connectivity index (χ1n) is 9.88. The first kappa shape index (κ1) is 25.8. The van der Waals surface area contributed by atoms with Crippen molar-refractivity contribution in [3.63, 3.8) is 0 Å². The second kappa shape index (κ2) is 12.6. The van der Waals surface area contributed by atoms with Gasteiger partial charge >= 0.3 is 0 Å². The number of rotatable bonds is 10. The first-order valence-corrected chi connectivity index (χ1v) is 10.6. The second-order valence-electron chi connectivity index (χ2n) is 6.96. The standard InChI is InChI=1S/C22H24Cl2N4O3.ClH/c23-16-10-15(21(18(24)12-16)31-9-3-7-25)11-20(28-30)22(29)26-8-6-14-13-27-19-5-2-1-4-17(14)19;/h1-2,4-5,10,12-13,27,30H,3,6-9,11,25H2,(H,26,29);1H/b28-20-;. The summed E-state index contributed by atoms with van der Waals surface area (Å²) in [6, 6.07) is 11.1. The Balaban J connectivity index is 0.00000363. The lowest BCUT2D eigenvalue weighted by Crippen LogP contribution is -2.33. The molecule has 3 aromatic rings. The molecule has 2 aromatic carbocycles. The molecule has 3 rings (SSSR count). The van der Waals surface area contributed by atoms with E-state index in [1.54, 1.807) is 12.1 Å². The highest BCUT2D eigenvalue weighted by molar-refractivity contribution is 6.39. The molecule has 5 N–H and O–H groups in total. The van der Waals surface area contributed by atoms with Gasteiger partial charge in [0.1, 0.15) is 11.5 Å². The Morgan fingerprint density at radius 2 is 2.00 bits per heavy atom. The minimum Gasteiger partial charge on any atom is -0.492 e. The first-order chi connectivity index (χ1) is 15.0. The molecule has 0 aliphatic heterocycles. The van der Waals surface area contributed by atoms with E-state index >= 15 is 0 Å². The van der Waals surface area contributed by atoms with Crippen molar-refractivity contribution in [2.75, 3.05) is 19.7 Å². The predicted molar refractivity (Wildman–Crippen MR) is 131 cm³/mol. The number of nitrogens with one attached hydrogen (secondary N) is 2. The van der Waals surface area contributed by atoms with Crippen LogP contribution in [0, 0.1) is 0 Å². The molecule has 0 saturated heterocycles. The van der Waals surface area contributed by atoms with E-state index in [9.17, 15) is 10.0 Å². The van der Waals surface area contributed by atoms with Crippen LogP contribution in [-0.4, -0.2) is 41.5 Å². The third-order valence-corrected chi connectivity index (χ3v) is 5.27. The van der Waals surface area contributed by atoms with Crippen LogP contribution in [-0.2, 0) is 17.6 Å². The van der Waals surface area contributed by atoms with Gasteiger partial charge in [0, 0.05) is 40.7 Å². The SMILES string of the molecule is Cl.NCCCOc1c(Cl)cc(Cl)cc1C/C(=N/O)C(=O)NCCc1c[nH]c2ccccc12. The van der Waals surface area contributed by atoms with E-state index < -0.39 is 5.91 Å². The van der Waals surface area contributed by atoms with Crippen LogP contribution >= 0.6 is 35.6 Å². The van der Waals surface area contributed by atoms with E-state index in [0.29, 0.717) is 53.9 Å². The average Bonchev–Trinajstić information content (AvgIpc) is 3.16. The van der Waals surface area contributed by atoms with Gasteiger partial charge in [0.2, 0.25) is 0 Å². The van der Waals surface area contributed by atoms with Crippen LogP contribution in [0.2, 0.25) is 10.0 Å². The lowest BCUT2D eigenvalue weighted by molar-refractivity contribution is -0.115. The average molecular weight is 500 g/mol. The van der Waals surface area contributed by atoms with Gasteiger partial charge in [0.25, 0.3) is 5.91 Å². The molecule has 1 aromatic heterocycles. The Hall–Kier alpha value is -2.45. The quantitative estimate of drug-likeness (QED) is 0.144. The highest BCUT2D eigenvalue weighted by Gasteiger charge is 2.18. The molecule has 0 radical (unpaired) electrons. The Morgan fingerprint density at radius 3 is 2.75 bits per heavy atom. The van der Waals surface area contributed by atoms with E-state index in [1.807, 2.05) is 30.5 Å². The number of nitrogens with two attached hydrogens (primary N) is 1.